The first-order valence-electron chi connectivity index (χ1n) is 6.59. The number of fused-ring (bicyclic) bond motifs is 1. The Morgan fingerprint density at radius 3 is 2.72 bits per heavy atom. The van der Waals surface area contributed by atoms with E-state index in [2.05, 4.69) is 23.3 Å². The molecule has 3 nitrogen and oxygen atoms in total. The molecule has 3 rings (SSSR count). The van der Waals surface area contributed by atoms with E-state index in [0.717, 1.165) is 22.4 Å². The van der Waals surface area contributed by atoms with Crippen LogP contribution in [-0.2, 0) is 0 Å². The van der Waals surface area contributed by atoms with E-state index in [0.29, 0.717) is 0 Å². The number of nitrogens with zero attached hydrogens (tertiary/aromatic N) is 1. The molecule has 0 spiro atoms. The molecular weight excluding hydrogens is 222 g/mol. The van der Waals surface area contributed by atoms with Gasteiger partial charge in [0.05, 0.1) is 5.52 Å². The Labute approximate surface area is 107 Å². The van der Waals surface area contributed by atoms with Crippen molar-refractivity contribution in [3.05, 3.63) is 30.3 Å². The van der Waals surface area contributed by atoms with Gasteiger partial charge in [-0.15, -0.1) is 0 Å². The first-order valence-corrected chi connectivity index (χ1v) is 6.59. The van der Waals surface area contributed by atoms with Crippen molar-refractivity contribution >= 4 is 22.4 Å². The minimum atomic E-state index is 0.217. The highest BCUT2D eigenvalue weighted by Crippen LogP contribution is 2.32. The van der Waals surface area contributed by atoms with Crippen molar-refractivity contribution in [2.24, 2.45) is 0 Å². The number of nitrogen functional groups attached to an aromatic ring is 1. The molecule has 1 aromatic carbocycles. The van der Waals surface area contributed by atoms with Gasteiger partial charge in [-0.05, 0) is 50.1 Å². The Balaban J connectivity index is 1.91. The molecule has 0 atom stereocenters. The maximum absolute atomic E-state index is 5.77. The molecule has 3 N–H and O–H groups in total. The number of pyridine rings is 1. The van der Waals surface area contributed by atoms with Crippen LogP contribution in [0, 0.1) is 0 Å². The van der Waals surface area contributed by atoms with Gasteiger partial charge in [0.1, 0.15) is 5.82 Å². The third kappa shape index (κ3) is 2.13. The van der Waals surface area contributed by atoms with Gasteiger partial charge in [0.15, 0.2) is 0 Å². The average Bonchev–Trinajstić information content (AvgIpc) is 2.76. The molecule has 1 aromatic heterocycles. The van der Waals surface area contributed by atoms with E-state index < -0.39 is 0 Å². The number of anilines is 2. The zero-order chi connectivity index (χ0) is 12.6. The van der Waals surface area contributed by atoms with Crippen LogP contribution < -0.4 is 11.1 Å². The number of aromatic nitrogens is 1. The maximum atomic E-state index is 5.77. The van der Waals surface area contributed by atoms with Crippen LogP contribution in [0.3, 0.4) is 0 Å². The number of benzene rings is 1. The molecule has 0 radical (unpaired) electrons. The van der Waals surface area contributed by atoms with Gasteiger partial charge in [0.25, 0.3) is 0 Å². The van der Waals surface area contributed by atoms with Crippen molar-refractivity contribution in [2.45, 2.75) is 38.1 Å². The molecule has 0 unspecified atom stereocenters. The van der Waals surface area contributed by atoms with E-state index in [4.69, 9.17) is 5.73 Å². The lowest BCUT2D eigenvalue weighted by molar-refractivity contribution is 0.531. The second-order valence-electron chi connectivity index (χ2n) is 5.54. The molecule has 0 amide bonds. The summed E-state index contributed by atoms with van der Waals surface area (Å²) in [5, 5.41) is 4.68. The number of rotatable bonds is 2. The second-order valence-corrected chi connectivity index (χ2v) is 5.54. The first kappa shape index (κ1) is 11.3. The molecule has 2 aromatic rings. The molecule has 0 saturated heterocycles. The summed E-state index contributed by atoms with van der Waals surface area (Å²) in [5.41, 5.74) is 7.77. The number of hydrogen-bond donors (Lipinski definition) is 2. The summed E-state index contributed by atoms with van der Waals surface area (Å²) in [6, 6.07) is 9.97. The van der Waals surface area contributed by atoms with E-state index in [1.165, 1.54) is 25.7 Å². The molecule has 1 saturated carbocycles. The molecule has 94 valence electrons. The van der Waals surface area contributed by atoms with Crippen LogP contribution in [0.4, 0.5) is 11.5 Å². The minimum absolute atomic E-state index is 0.217. The lowest BCUT2D eigenvalue weighted by Gasteiger charge is -2.26. The standard InChI is InChI=1S/C15H19N3/c1-15(8-2-3-9-15)18-14-7-4-11-10-12(16)5-6-13(11)17-14/h4-7,10H,2-3,8-9,16H2,1H3,(H,17,18). The third-order valence-electron chi connectivity index (χ3n) is 3.85. The molecule has 0 aliphatic heterocycles. The van der Waals surface area contributed by atoms with E-state index >= 15 is 0 Å². The van der Waals surface area contributed by atoms with Gasteiger partial charge >= 0.3 is 0 Å². The van der Waals surface area contributed by atoms with Gasteiger partial charge in [0.2, 0.25) is 0 Å². The molecule has 1 fully saturated rings. The number of nitrogens with one attached hydrogen (secondary N) is 1. The molecule has 1 aliphatic carbocycles. The summed E-state index contributed by atoms with van der Waals surface area (Å²) in [5.74, 6) is 0.969. The molecule has 3 heteroatoms. The largest absolute Gasteiger partial charge is 0.399 e. The zero-order valence-electron chi connectivity index (χ0n) is 10.7. The summed E-state index contributed by atoms with van der Waals surface area (Å²) >= 11 is 0. The first-order chi connectivity index (χ1) is 8.65. The molecular formula is C15H19N3. The van der Waals surface area contributed by atoms with E-state index in [9.17, 15) is 0 Å². The minimum Gasteiger partial charge on any atom is -0.399 e. The Bertz CT molecular complexity index is 571. The van der Waals surface area contributed by atoms with Crippen molar-refractivity contribution < 1.29 is 0 Å². The third-order valence-corrected chi connectivity index (χ3v) is 3.85. The van der Waals surface area contributed by atoms with Crippen LogP contribution in [0.1, 0.15) is 32.6 Å². The van der Waals surface area contributed by atoms with Crippen LogP contribution in [0.25, 0.3) is 10.9 Å². The second kappa shape index (κ2) is 4.16. The van der Waals surface area contributed by atoms with Crippen LogP contribution in [-0.4, -0.2) is 10.5 Å². The quantitative estimate of drug-likeness (QED) is 0.790. The molecule has 1 heterocycles. The normalized spacial score (nSPS) is 18.1. The Kier molecular flexibility index (Phi) is 2.62. The highest BCUT2D eigenvalue weighted by Gasteiger charge is 2.28. The highest BCUT2D eigenvalue weighted by molar-refractivity contribution is 5.83. The maximum Gasteiger partial charge on any atom is 0.127 e. The van der Waals surface area contributed by atoms with Gasteiger partial charge in [-0.25, -0.2) is 4.98 Å². The van der Waals surface area contributed by atoms with E-state index in [1.54, 1.807) is 0 Å². The van der Waals surface area contributed by atoms with Gasteiger partial charge in [0, 0.05) is 16.6 Å². The van der Waals surface area contributed by atoms with Gasteiger partial charge < -0.3 is 11.1 Å². The lowest BCUT2D eigenvalue weighted by Crippen LogP contribution is -2.31. The van der Waals surface area contributed by atoms with Crippen molar-refractivity contribution in [1.82, 2.24) is 4.98 Å². The monoisotopic (exact) mass is 241 g/mol. The number of nitrogens with two attached hydrogens (primary N) is 1. The lowest BCUT2D eigenvalue weighted by atomic mass is 10.0. The Hall–Kier alpha value is -1.77. The van der Waals surface area contributed by atoms with Gasteiger partial charge in [-0.2, -0.15) is 0 Å². The Morgan fingerprint density at radius 1 is 1.17 bits per heavy atom. The fourth-order valence-electron chi connectivity index (χ4n) is 2.80. The topological polar surface area (TPSA) is 50.9 Å². The smallest absolute Gasteiger partial charge is 0.127 e. The fraction of sp³-hybridized carbons (Fsp3) is 0.400. The predicted molar refractivity (Wildman–Crippen MR) is 76.7 cm³/mol. The summed E-state index contributed by atoms with van der Waals surface area (Å²) < 4.78 is 0. The van der Waals surface area contributed by atoms with Crippen LogP contribution >= 0.6 is 0 Å². The molecule has 18 heavy (non-hydrogen) atoms. The molecule has 1 aliphatic rings. The van der Waals surface area contributed by atoms with Crippen LogP contribution in [0.5, 0.6) is 0 Å². The fourth-order valence-corrected chi connectivity index (χ4v) is 2.80. The van der Waals surface area contributed by atoms with E-state index in [1.807, 2.05) is 24.3 Å². The highest BCUT2D eigenvalue weighted by atomic mass is 15.1. The summed E-state index contributed by atoms with van der Waals surface area (Å²) in [6.45, 7) is 2.29. The summed E-state index contributed by atoms with van der Waals surface area (Å²) in [6.07, 6.45) is 5.09. The number of hydrogen-bond acceptors (Lipinski definition) is 3. The average molecular weight is 241 g/mol. The zero-order valence-corrected chi connectivity index (χ0v) is 10.7. The summed E-state index contributed by atoms with van der Waals surface area (Å²) in [7, 11) is 0. The Morgan fingerprint density at radius 2 is 1.94 bits per heavy atom. The summed E-state index contributed by atoms with van der Waals surface area (Å²) in [4.78, 5) is 4.66. The van der Waals surface area contributed by atoms with Crippen LogP contribution in [0.15, 0.2) is 30.3 Å². The van der Waals surface area contributed by atoms with Gasteiger partial charge in [-0.3, -0.25) is 0 Å². The van der Waals surface area contributed by atoms with Crippen LogP contribution in [0.2, 0.25) is 0 Å². The van der Waals surface area contributed by atoms with Crippen molar-refractivity contribution in [3.8, 4) is 0 Å². The van der Waals surface area contributed by atoms with Crippen molar-refractivity contribution in [3.63, 3.8) is 0 Å². The van der Waals surface area contributed by atoms with Gasteiger partial charge in [-0.1, -0.05) is 12.8 Å². The molecule has 0 bridgehead atoms. The van der Waals surface area contributed by atoms with Crippen molar-refractivity contribution in [2.75, 3.05) is 11.1 Å². The van der Waals surface area contributed by atoms with Crippen molar-refractivity contribution in [1.29, 1.82) is 0 Å². The predicted octanol–water partition coefficient (Wildman–Crippen LogP) is 3.56. The van der Waals surface area contributed by atoms with E-state index in [-0.39, 0.29) is 5.54 Å². The SMILES string of the molecule is CC1(Nc2ccc3cc(N)ccc3n2)CCCC1.